The number of rotatable bonds is 2. The molecule has 0 unspecified atom stereocenters. The van der Waals surface area contributed by atoms with Gasteiger partial charge in [-0.05, 0) is 36.8 Å². The lowest BCUT2D eigenvalue weighted by Crippen LogP contribution is -2.47. The Morgan fingerprint density at radius 3 is 2.52 bits per heavy atom. The standard InChI is InChI=1S/C21H18FN3OS/c1-14-2-4-15(5-3-14)18-10-20(26)25-12-24(13-27-21(25)19(18)11-23)17-8-6-16(22)7-9-17/h2-9,18H,10,12-13H2,1H3/t18-/m1/s1. The molecule has 4 rings (SSSR count). The van der Waals surface area contributed by atoms with E-state index in [0.717, 1.165) is 21.8 Å². The molecule has 6 heteroatoms. The van der Waals surface area contributed by atoms with Crippen LogP contribution in [0.5, 0.6) is 0 Å². The van der Waals surface area contributed by atoms with Crippen molar-refractivity contribution in [2.24, 2.45) is 0 Å². The number of anilines is 1. The second-order valence-electron chi connectivity index (χ2n) is 6.75. The predicted octanol–water partition coefficient (Wildman–Crippen LogP) is 4.35. The summed E-state index contributed by atoms with van der Waals surface area (Å²) in [6.07, 6.45) is 0.285. The second kappa shape index (κ2) is 7.09. The number of nitrogens with zero attached hydrogens (tertiary/aromatic N) is 3. The maximum Gasteiger partial charge on any atom is 0.229 e. The number of carbonyl (C=O) groups excluding carboxylic acids is 1. The lowest BCUT2D eigenvalue weighted by molar-refractivity contribution is -0.129. The molecule has 1 amide bonds. The summed E-state index contributed by atoms with van der Waals surface area (Å²) in [5.74, 6) is 0.134. The van der Waals surface area contributed by atoms with Gasteiger partial charge in [0.15, 0.2) is 0 Å². The summed E-state index contributed by atoms with van der Waals surface area (Å²) < 4.78 is 13.2. The first-order chi connectivity index (χ1) is 13.1. The highest BCUT2D eigenvalue weighted by Crippen LogP contribution is 2.43. The molecule has 0 bridgehead atoms. The van der Waals surface area contributed by atoms with Gasteiger partial charge in [-0.2, -0.15) is 5.26 Å². The van der Waals surface area contributed by atoms with E-state index in [1.165, 1.54) is 23.9 Å². The molecule has 2 heterocycles. The summed E-state index contributed by atoms with van der Waals surface area (Å²) in [5.41, 5.74) is 3.66. The number of amides is 1. The number of fused-ring (bicyclic) bond motifs is 1. The van der Waals surface area contributed by atoms with Gasteiger partial charge < -0.3 is 4.90 Å². The first-order valence-corrected chi connectivity index (χ1v) is 9.70. The minimum Gasteiger partial charge on any atom is -0.344 e. The molecule has 2 aromatic carbocycles. The summed E-state index contributed by atoms with van der Waals surface area (Å²) in [6, 6.07) is 16.6. The highest BCUT2D eigenvalue weighted by atomic mass is 32.2. The molecule has 2 aromatic rings. The topological polar surface area (TPSA) is 47.3 Å². The number of nitriles is 1. The van der Waals surface area contributed by atoms with E-state index in [0.29, 0.717) is 18.1 Å². The minimum atomic E-state index is -0.286. The van der Waals surface area contributed by atoms with Gasteiger partial charge in [-0.1, -0.05) is 41.6 Å². The number of allylic oxidation sites excluding steroid dienone is 1. The first kappa shape index (κ1) is 17.6. The number of hydrogen-bond donors (Lipinski definition) is 0. The SMILES string of the molecule is Cc1ccc([C@H]2CC(=O)N3CN(c4ccc(F)cc4)CSC3=C2C#N)cc1. The third-order valence-corrected chi connectivity index (χ3v) is 6.12. The van der Waals surface area contributed by atoms with Crippen molar-refractivity contribution in [3.8, 4) is 6.07 Å². The average molecular weight is 379 g/mol. The quantitative estimate of drug-likeness (QED) is 0.778. The Kier molecular flexibility index (Phi) is 4.63. The van der Waals surface area contributed by atoms with Gasteiger partial charge in [-0.3, -0.25) is 9.69 Å². The zero-order chi connectivity index (χ0) is 19.0. The number of benzene rings is 2. The molecule has 2 aliphatic heterocycles. The average Bonchev–Trinajstić information content (AvgIpc) is 2.69. The molecule has 2 aliphatic rings. The Labute approximate surface area is 161 Å². The monoisotopic (exact) mass is 379 g/mol. The Bertz CT molecular complexity index is 947. The molecule has 136 valence electrons. The molecule has 0 spiro atoms. The van der Waals surface area contributed by atoms with Crippen LogP contribution in [0.25, 0.3) is 0 Å². The highest BCUT2D eigenvalue weighted by molar-refractivity contribution is 8.03. The van der Waals surface area contributed by atoms with Gasteiger partial charge in [0, 0.05) is 18.0 Å². The van der Waals surface area contributed by atoms with Gasteiger partial charge >= 0.3 is 0 Å². The normalized spacial score (nSPS) is 19.7. The lowest BCUT2D eigenvalue weighted by Gasteiger charge is -2.42. The van der Waals surface area contributed by atoms with Gasteiger partial charge in [-0.15, -0.1) is 0 Å². The van der Waals surface area contributed by atoms with Crippen LogP contribution in [0, 0.1) is 24.1 Å². The fourth-order valence-electron chi connectivity index (χ4n) is 3.46. The van der Waals surface area contributed by atoms with Crippen molar-refractivity contribution in [1.29, 1.82) is 5.26 Å². The van der Waals surface area contributed by atoms with Gasteiger partial charge in [0.2, 0.25) is 5.91 Å². The number of aryl methyl sites for hydroxylation is 1. The Balaban J connectivity index is 1.65. The fourth-order valence-corrected chi connectivity index (χ4v) is 4.63. The third-order valence-electron chi connectivity index (χ3n) is 4.97. The number of carbonyl (C=O) groups is 1. The fraction of sp³-hybridized carbons (Fsp3) is 0.238. The van der Waals surface area contributed by atoms with E-state index >= 15 is 0 Å². The van der Waals surface area contributed by atoms with E-state index in [4.69, 9.17) is 0 Å². The number of halogens is 1. The minimum absolute atomic E-state index is 0.00823. The molecule has 0 N–H and O–H groups in total. The van der Waals surface area contributed by atoms with Gasteiger partial charge in [0.25, 0.3) is 0 Å². The van der Waals surface area contributed by atoms with E-state index in [1.807, 2.05) is 36.1 Å². The van der Waals surface area contributed by atoms with Crippen LogP contribution in [0.4, 0.5) is 10.1 Å². The van der Waals surface area contributed by atoms with Crippen molar-refractivity contribution in [1.82, 2.24) is 4.90 Å². The first-order valence-electron chi connectivity index (χ1n) is 8.71. The van der Waals surface area contributed by atoms with Crippen molar-refractivity contribution >= 4 is 23.4 Å². The van der Waals surface area contributed by atoms with Gasteiger partial charge in [0.1, 0.15) is 5.82 Å². The van der Waals surface area contributed by atoms with Crippen LogP contribution in [0.1, 0.15) is 23.5 Å². The molecular weight excluding hydrogens is 361 g/mol. The van der Waals surface area contributed by atoms with Gasteiger partial charge in [-0.25, -0.2) is 4.39 Å². The summed E-state index contributed by atoms with van der Waals surface area (Å²) >= 11 is 1.49. The maximum absolute atomic E-state index is 13.2. The van der Waals surface area contributed by atoms with Crippen LogP contribution in [-0.2, 0) is 4.79 Å². The second-order valence-corrected chi connectivity index (χ2v) is 7.68. The van der Waals surface area contributed by atoms with Crippen molar-refractivity contribution in [2.45, 2.75) is 19.3 Å². The zero-order valence-electron chi connectivity index (χ0n) is 14.9. The molecule has 0 aliphatic carbocycles. The largest absolute Gasteiger partial charge is 0.344 e. The van der Waals surface area contributed by atoms with E-state index in [1.54, 1.807) is 17.0 Å². The van der Waals surface area contributed by atoms with Crippen molar-refractivity contribution in [2.75, 3.05) is 17.4 Å². The van der Waals surface area contributed by atoms with Crippen LogP contribution in [0.2, 0.25) is 0 Å². The van der Waals surface area contributed by atoms with E-state index in [9.17, 15) is 14.4 Å². The molecule has 4 nitrogen and oxygen atoms in total. The Hall–Kier alpha value is -2.78. The summed E-state index contributed by atoms with van der Waals surface area (Å²) in [5, 5.41) is 10.5. The highest BCUT2D eigenvalue weighted by Gasteiger charge is 2.38. The van der Waals surface area contributed by atoms with E-state index in [2.05, 4.69) is 6.07 Å². The lowest BCUT2D eigenvalue weighted by atomic mass is 9.86. The van der Waals surface area contributed by atoms with Crippen LogP contribution < -0.4 is 4.90 Å². The van der Waals surface area contributed by atoms with Gasteiger partial charge in [0.05, 0.1) is 29.2 Å². The summed E-state index contributed by atoms with van der Waals surface area (Å²) in [4.78, 5) is 16.5. The number of hydrogen-bond acceptors (Lipinski definition) is 4. The summed E-state index contributed by atoms with van der Waals surface area (Å²) in [6.45, 7) is 2.39. The molecule has 0 radical (unpaired) electrons. The van der Waals surface area contributed by atoms with E-state index < -0.39 is 0 Å². The molecule has 1 saturated heterocycles. The molecule has 1 fully saturated rings. The van der Waals surface area contributed by atoms with Crippen LogP contribution in [0.15, 0.2) is 59.1 Å². The zero-order valence-corrected chi connectivity index (χ0v) is 15.7. The molecule has 27 heavy (non-hydrogen) atoms. The van der Waals surface area contributed by atoms with Crippen molar-refractivity contribution in [3.05, 3.63) is 76.1 Å². The van der Waals surface area contributed by atoms with E-state index in [-0.39, 0.29) is 24.1 Å². The van der Waals surface area contributed by atoms with Crippen LogP contribution in [0.3, 0.4) is 0 Å². The molecule has 1 atom stereocenters. The Morgan fingerprint density at radius 1 is 1.15 bits per heavy atom. The van der Waals surface area contributed by atoms with Crippen molar-refractivity contribution < 1.29 is 9.18 Å². The van der Waals surface area contributed by atoms with Crippen molar-refractivity contribution in [3.63, 3.8) is 0 Å². The van der Waals surface area contributed by atoms with Crippen LogP contribution >= 0.6 is 11.8 Å². The molecule has 0 aromatic heterocycles. The maximum atomic E-state index is 13.2. The summed E-state index contributed by atoms with van der Waals surface area (Å²) in [7, 11) is 0. The van der Waals surface area contributed by atoms with Crippen LogP contribution in [-0.4, -0.2) is 23.4 Å². The smallest absolute Gasteiger partial charge is 0.229 e. The molecule has 0 saturated carbocycles. The third kappa shape index (κ3) is 3.31. The predicted molar refractivity (Wildman–Crippen MR) is 104 cm³/mol. The number of thioether (sulfide) groups is 1. The Morgan fingerprint density at radius 2 is 1.85 bits per heavy atom. The molecular formula is C21H18FN3OS.